The molecule has 0 saturated carbocycles. The van der Waals surface area contributed by atoms with E-state index in [1.807, 2.05) is 24.8 Å². The molecule has 3 aromatic rings. The summed E-state index contributed by atoms with van der Waals surface area (Å²) in [5.74, 6) is 0.0228. The highest BCUT2D eigenvalue weighted by Gasteiger charge is 2.32. The Morgan fingerprint density at radius 3 is 2.45 bits per heavy atom. The molecule has 0 saturated heterocycles. The average Bonchev–Trinajstić information content (AvgIpc) is 2.69. The fourth-order valence-corrected chi connectivity index (χ4v) is 3.75. The summed E-state index contributed by atoms with van der Waals surface area (Å²) in [6.45, 7) is 3.91. The van der Waals surface area contributed by atoms with Crippen LogP contribution in [0.25, 0.3) is 0 Å². The van der Waals surface area contributed by atoms with Crippen molar-refractivity contribution in [3.05, 3.63) is 76.2 Å². The second-order valence-electron chi connectivity index (χ2n) is 6.85. The standard InChI is InChI=1S/C22H19ClFN3O2/c1-13-10-16(24)5-7-18(13)26-12-27(19-8-9-21(29-3)25-14(19)2)22(28)17-6-4-15(23)11-20(17)26/h4-11H,12H2,1-3H3. The Hall–Kier alpha value is -3.12. The number of amides is 1. The Morgan fingerprint density at radius 1 is 1.00 bits per heavy atom. The first-order chi connectivity index (χ1) is 13.9. The summed E-state index contributed by atoms with van der Waals surface area (Å²) in [6, 6.07) is 13.3. The van der Waals surface area contributed by atoms with Gasteiger partial charge in [0.1, 0.15) is 12.5 Å². The fourth-order valence-electron chi connectivity index (χ4n) is 3.58. The minimum atomic E-state index is -0.308. The maximum Gasteiger partial charge on any atom is 0.261 e. The van der Waals surface area contributed by atoms with Crippen molar-refractivity contribution < 1.29 is 13.9 Å². The van der Waals surface area contributed by atoms with Gasteiger partial charge in [0, 0.05) is 16.8 Å². The van der Waals surface area contributed by atoms with Crippen LogP contribution in [0.5, 0.6) is 5.88 Å². The maximum absolute atomic E-state index is 13.7. The van der Waals surface area contributed by atoms with Crippen LogP contribution in [-0.4, -0.2) is 24.7 Å². The van der Waals surface area contributed by atoms with Gasteiger partial charge in [0.25, 0.3) is 5.91 Å². The van der Waals surface area contributed by atoms with Crippen LogP contribution >= 0.6 is 11.6 Å². The summed E-state index contributed by atoms with van der Waals surface area (Å²) in [4.78, 5) is 21.3. The predicted octanol–water partition coefficient (Wildman–Crippen LogP) is 5.26. The van der Waals surface area contributed by atoms with Gasteiger partial charge in [-0.25, -0.2) is 9.37 Å². The highest BCUT2D eigenvalue weighted by molar-refractivity contribution is 6.31. The molecule has 2 aromatic carbocycles. The first kappa shape index (κ1) is 19.2. The van der Waals surface area contributed by atoms with E-state index in [0.717, 1.165) is 11.3 Å². The van der Waals surface area contributed by atoms with Crippen LogP contribution in [0.3, 0.4) is 0 Å². The quantitative estimate of drug-likeness (QED) is 0.590. The van der Waals surface area contributed by atoms with Crippen LogP contribution in [0, 0.1) is 19.7 Å². The Labute approximate surface area is 173 Å². The van der Waals surface area contributed by atoms with Gasteiger partial charge >= 0.3 is 0 Å². The van der Waals surface area contributed by atoms with Gasteiger partial charge in [-0.1, -0.05) is 11.6 Å². The van der Waals surface area contributed by atoms with E-state index >= 15 is 0 Å². The molecule has 0 fully saturated rings. The van der Waals surface area contributed by atoms with E-state index in [0.29, 0.717) is 33.5 Å². The fraction of sp³-hybridized carbons (Fsp3) is 0.182. The zero-order valence-corrected chi connectivity index (χ0v) is 17.0. The smallest absolute Gasteiger partial charge is 0.261 e. The number of carbonyl (C=O) groups excluding carboxylic acids is 1. The molecule has 1 aromatic heterocycles. The van der Waals surface area contributed by atoms with Gasteiger partial charge < -0.3 is 9.64 Å². The molecule has 0 spiro atoms. The Morgan fingerprint density at radius 2 is 1.76 bits per heavy atom. The number of hydrogen-bond acceptors (Lipinski definition) is 4. The van der Waals surface area contributed by atoms with Crippen molar-refractivity contribution in [2.75, 3.05) is 23.6 Å². The number of hydrogen-bond donors (Lipinski definition) is 0. The molecule has 0 unspecified atom stereocenters. The lowest BCUT2D eigenvalue weighted by atomic mass is 10.0. The monoisotopic (exact) mass is 411 g/mol. The van der Waals surface area contributed by atoms with E-state index in [-0.39, 0.29) is 18.4 Å². The summed E-state index contributed by atoms with van der Waals surface area (Å²) in [5, 5.41) is 0.525. The second-order valence-corrected chi connectivity index (χ2v) is 7.29. The highest BCUT2D eigenvalue weighted by Crippen LogP contribution is 2.39. The van der Waals surface area contributed by atoms with Gasteiger partial charge in [-0.15, -0.1) is 0 Å². The summed E-state index contributed by atoms with van der Waals surface area (Å²) >= 11 is 6.22. The third kappa shape index (κ3) is 3.40. The van der Waals surface area contributed by atoms with Gasteiger partial charge in [0.15, 0.2) is 0 Å². The lowest BCUT2D eigenvalue weighted by molar-refractivity contribution is 0.0983. The van der Waals surface area contributed by atoms with E-state index in [9.17, 15) is 9.18 Å². The third-order valence-electron chi connectivity index (χ3n) is 4.99. The highest BCUT2D eigenvalue weighted by atomic mass is 35.5. The average molecular weight is 412 g/mol. The van der Waals surface area contributed by atoms with Gasteiger partial charge in [0.05, 0.1) is 29.7 Å². The molecular weight excluding hydrogens is 393 g/mol. The number of benzene rings is 2. The van der Waals surface area contributed by atoms with Crippen molar-refractivity contribution in [3.63, 3.8) is 0 Å². The van der Waals surface area contributed by atoms with Crippen molar-refractivity contribution in [3.8, 4) is 5.88 Å². The number of carbonyl (C=O) groups is 1. The Balaban J connectivity index is 1.87. The van der Waals surface area contributed by atoms with Crippen LogP contribution < -0.4 is 14.5 Å². The first-order valence-corrected chi connectivity index (χ1v) is 9.43. The third-order valence-corrected chi connectivity index (χ3v) is 5.23. The number of aromatic nitrogens is 1. The van der Waals surface area contributed by atoms with Crippen molar-refractivity contribution in [2.45, 2.75) is 13.8 Å². The van der Waals surface area contributed by atoms with Crippen LogP contribution in [0.4, 0.5) is 21.5 Å². The number of rotatable bonds is 3. The molecule has 0 radical (unpaired) electrons. The number of aryl methyl sites for hydroxylation is 2. The molecule has 1 aliphatic rings. The lowest BCUT2D eigenvalue weighted by Crippen LogP contribution is -2.45. The van der Waals surface area contributed by atoms with E-state index in [1.165, 1.54) is 12.1 Å². The normalized spacial score (nSPS) is 13.5. The zero-order valence-electron chi connectivity index (χ0n) is 16.2. The van der Waals surface area contributed by atoms with Crippen LogP contribution in [0.1, 0.15) is 21.6 Å². The van der Waals surface area contributed by atoms with E-state index in [4.69, 9.17) is 16.3 Å². The number of anilines is 3. The van der Waals surface area contributed by atoms with Gasteiger partial charge in [0.2, 0.25) is 5.88 Å². The molecule has 0 aliphatic carbocycles. The van der Waals surface area contributed by atoms with Crippen molar-refractivity contribution in [1.29, 1.82) is 0 Å². The van der Waals surface area contributed by atoms with E-state index < -0.39 is 0 Å². The second kappa shape index (κ2) is 7.37. The molecule has 7 heteroatoms. The summed E-state index contributed by atoms with van der Waals surface area (Å²) in [7, 11) is 1.55. The number of methoxy groups -OCH3 is 1. The van der Waals surface area contributed by atoms with Gasteiger partial charge in [-0.05, 0) is 61.9 Å². The van der Waals surface area contributed by atoms with Crippen LogP contribution in [0.15, 0.2) is 48.5 Å². The van der Waals surface area contributed by atoms with Crippen molar-refractivity contribution in [2.24, 2.45) is 0 Å². The topological polar surface area (TPSA) is 45.7 Å². The molecular formula is C22H19ClFN3O2. The largest absolute Gasteiger partial charge is 0.481 e. The number of pyridine rings is 1. The summed E-state index contributed by atoms with van der Waals surface area (Å²) in [5.41, 5.74) is 4.11. The molecule has 0 bridgehead atoms. The van der Waals surface area contributed by atoms with Gasteiger partial charge in [-0.2, -0.15) is 0 Å². The molecule has 4 rings (SSSR count). The number of nitrogens with zero attached hydrogens (tertiary/aromatic N) is 3. The number of fused-ring (bicyclic) bond motifs is 1. The summed E-state index contributed by atoms with van der Waals surface area (Å²) < 4.78 is 18.9. The first-order valence-electron chi connectivity index (χ1n) is 9.06. The van der Waals surface area contributed by atoms with E-state index in [1.54, 1.807) is 42.3 Å². The van der Waals surface area contributed by atoms with E-state index in [2.05, 4.69) is 4.98 Å². The molecule has 0 N–H and O–H groups in total. The lowest BCUT2D eigenvalue weighted by Gasteiger charge is -2.39. The predicted molar refractivity (Wildman–Crippen MR) is 112 cm³/mol. The molecule has 5 nitrogen and oxygen atoms in total. The molecule has 29 heavy (non-hydrogen) atoms. The van der Waals surface area contributed by atoms with Gasteiger partial charge in [-0.3, -0.25) is 9.69 Å². The Kier molecular flexibility index (Phi) is 4.88. The van der Waals surface area contributed by atoms with Crippen molar-refractivity contribution in [1.82, 2.24) is 4.98 Å². The molecule has 1 amide bonds. The molecule has 2 heterocycles. The SMILES string of the molecule is COc1ccc(N2CN(c3ccc(F)cc3C)c3cc(Cl)ccc3C2=O)c(C)n1. The van der Waals surface area contributed by atoms with Crippen LogP contribution in [-0.2, 0) is 0 Å². The van der Waals surface area contributed by atoms with Crippen LogP contribution in [0.2, 0.25) is 5.02 Å². The minimum Gasteiger partial charge on any atom is -0.481 e. The Bertz CT molecular complexity index is 1120. The summed E-state index contributed by atoms with van der Waals surface area (Å²) in [6.07, 6.45) is 0. The maximum atomic E-state index is 13.7. The van der Waals surface area contributed by atoms with Crippen molar-refractivity contribution >= 4 is 34.6 Å². The molecule has 0 atom stereocenters. The zero-order chi connectivity index (χ0) is 20.7. The minimum absolute atomic E-state index is 0.150. The number of halogens is 2. The molecule has 1 aliphatic heterocycles. The number of ether oxygens (including phenoxy) is 1. The molecule has 148 valence electrons.